The normalized spacial score (nSPS) is 12.7. The van der Waals surface area contributed by atoms with Crippen molar-refractivity contribution in [3.63, 3.8) is 0 Å². The summed E-state index contributed by atoms with van der Waals surface area (Å²) >= 11 is 0. The molecule has 0 saturated carbocycles. The molecule has 0 bridgehead atoms. The summed E-state index contributed by atoms with van der Waals surface area (Å²) in [6.07, 6.45) is 0. The van der Waals surface area contributed by atoms with E-state index in [1.165, 1.54) is 0 Å². The lowest BCUT2D eigenvalue weighted by Crippen LogP contribution is -2.54. The van der Waals surface area contributed by atoms with Crippen molar-refractivity contribution in [2.75, 3.05) is 0 Å². The molecule has 2 aromatic rings. The molecule has 2 rings (SSSR count). The van der Waals surface area contributed by atoms with Gasteiger partial charge in [-0.25, -0.2) is 14.4 Å². The molecule has 7 heteroatoms. The van der Waals surface area contributed by atoms with Crippen molar-refractivity contribution in [2.45, 2.75) is 53.0 Å². The van der Waals surface area contributed by atoms with E-state index in [0.29, 0.717) is 0 Å². The fourth-order valence-corrected chi connectivity index (χ4v) is 2.96. The summed E-state index contributed by atoms with van der Waals surface area (Å²) in [5.41, 5.74) is 1.71. The minimum Gasteiger partial charge on any atom is -0.459 e. The lowest BCUT2D eigenvalue weighted by molar-refractivity contribution is -0.148. The Morgan fingerprint density at radius 1 is 0.656 bits per heavy atom. The number of hydrogen-bond donors (Lipinski definition) is 2. The standard InChI is InChI=1S/C25H32N2O5/c1-17(2)21(23(28)31-15-19-11-7-5-8-12-19)26-25(30)27-22(18(3)4)24(29)32-16-20-13-9-6-10-14-20/h5-14,17-18,21-22H,15-16H2,1-4H3,(H2,26,27,30)/t21-,22-/m0/s1. The third kappa shape index (κ3) is 8.06. The largest absolute Gasteiger partial charge is 0.459 e. The zero-order valence-corrected chi connectivity index (χ0v) is 19.0. The van der Waals surface area contributed by atoms with E-state index in [4.69, 9.17) is 9.47 Å². The Bertz CT molecular complexity index is 797. The molecule has 0 aliphatic carbocycles. The molecular formula is C25H32N2O5. The highest BCUT2D eigenvalue weighted by Crippen LogP contribution is 2.10. The third-order valence-corrected chi connectivity index (χ3v) is 4.86. The molecule has 2 amide bonds. The second kappa shape index (κ2) is 12.5. The number of rotatable bonds is 10. The molecule has 0 unspecified atom stereocenters. The van der Waals surface area contributed by atoms with E-state index in [-0.39, 0.29) is 25.0 Å². The number of amides is 2. The number of nitrogens with one attached hydrogen (secondary N) is 2. The molecule has 2 atom stereocenters. The van der Waals surface area contributed by atoms with Crippen LogP contribution in [0.1, 0.15) is 38.8 Å². The smallest absolute Gasteiger partial charge is 0.329 e. The maximum Gasteiger partial charge on any atom is 0.329 e. The maximum atomic E-state index is 12.6. The molecule has 2 N–H and O–H groups in total. The van der Waals surface area contributed by atoms with E-state index in [1.807, 2.05) is 88.4 Å². The Morgan fingerprint density at radius 3 is 1.31 bits per heavy atom. The van der Waals surface area contributed by atoms with Crippen LogP contribution in [0.2, 0.25) is 0 Å². The maximum absolute atomic E-state index is 12.6. The quantitative estimate of drug-likeness (QED) is 0.548. The van der Waals surface area contributed by atoms with Gasteiger partial charge in [-0.05, 0) is 23.0 Å². The zero-order valence-electron chi connectivity index (χ0n) is 19.0. The van der Waals surface area contributed by atoms with E-state index >= 15 is 0 Å². The van der Waals surface area contributed by atoms with Gasteiger partial charge in [0.1, 0.15) is 25.3 Å². The molecule has 0 aliphatic heterocycles. The molecule has 172 valence electrons. The van der Waals surface area contributed by atoms with Crippen molar-refractivity contribution < 1.29 is 23.9 Å². The molecule has 0 fully saturated rings. The highest BCUT2D eigenvalue weighted by atomic mass is 16.5. The predicted octanol–water partition coefficient (Wildman–Crippen LogP) is 3.82. The van der Waals surface area contributed by atoms with Gasteiger partial charge < -0.3 is 20.1 Å². The Morgan fingerprint density at radius 2 is 1.00 bits per heavy atom. The van der Waals surface area contributed by atoms with Crippen LogP contribution in [0.3, 0.4) is 0 Å². The average Bonchev–Trinajstić information content (AvgIpc) is 2.78. The van der Waals surface area contributed by atoms with Crippen LogP contribution in [0, 0.1) is 11.8 Å². The second-order valence-corrected chi connectivity index (χ2v) is 8.25. The molecule has 0 aromatic heterocycles. The van der Waals surface area contributed by atoms with E-state index in [0.717, 1.165) is 11.1 Å². The lowest BCUT2D eigenvalue weighted by Gasteiger charge is -2.25. The first-order valence-corrected chi connectivity index (χ1v) is 10.8. The minimum absolute atomic E-state index is 0.118. The monoisotopic (exact) mass is 440 g/mol. The molecule has 32 heavy (non-hydrogen) atoms. The van der Waals surface area contributed by atoms with Crippen molar-refractivity contribution in [3.8, 4) is 0 Å². The van der Waals surface area contributed by atoms with Gasteiger partial charge in [0.15, 0.2) is 0 Å². The van der Waals surface area contributed by atoms with E-state index in [2.05, 4.69) is 10.6 Å². The molecule has 0 spiro atoms. The number of esters is 2. The number of ether oxygens (including phenoxy) is 2. The van der Waals surface area contributed by atoms with Crippen LogP contribution >= 0.6 is 0 Å². The summed E-state index contributed by atoms with van der Waals surface area (Å²) in [6, 6.07) is 16.3. The Kier molecular flexibility index (Phi) is 9.73. The van der Waals surface area contributed by atoms with Gasteiger partial charge in [0.05, 0.1) is 0 Å². The van der Waals surface area contributed by atoms with Crippen LogP contribution in [-0.2, 0) is 32.3 Å². The third-order valence-electron chi connectivity index (χ3n) is 4.86. The number of carbonyl (C=O) groups excluding carboxylic acids is 3. The van der Waals surface area contributed by atoms with E-state index in [9.17, 15) is 14.4 Å². The molecule has 0 saturated heterocycles. The highest BCUT2D eigenvalue weighted by Gasteiger charge is 2.30. The summed E-state index contributed by atoms with van der Waals surface area (Å²) in [7, 11) is 0. The van der Waals surface area contributed by atoms with Crippen molar-refractivity contribution >= 4 is 18.0 Å². The van der Waals surface area contributed by atoms with Crippen LogP contribution in [0.25, 0.3) is 0 Å². The van der Waals surface area contributed by atoms with Crippen LogP contribution in [0.15, 0.2) is 60.7 Å². The highest BCUT2D eigenvalue weighted by molar-refractivity contribution is 5.87. The van der Waals surface area contributed by atoms with E-state index in [1.54, 1.807) is 0 Å². The molecule has 7 nitrogen and oxygen atoms in total. The summed E-state index contributed by atoms with van der Waals surface area (Å²) in [6.45, 7) is 7.47. The molecule has 0 heterocycles. The fraction of sp³-hybridized carbons (Fsp3) is 0.400. The Hall–Kier alpha value is -3.35. The van der Waals surface area contributed by atoms with E-state index < -0.39 is 30.1 Å². The second-order valence-electron chi connectivity index (χ2n) is 8.25. The van der Waals surface area contributed by atoms with Gasteiger partial charge in [-0.15, -0.1) is 0 Å². The first-order chi connectivity index (χ1) is 15.3. The first-order valence-electron chi connectivity index (χ1n) is 10.8. The van der Waals surface area contributed by atoms with Gasteiger partial charge in [0.2, 0.25) is 0 Å². The molecule has 2 aromatic carbocycles. The number of hydrogen-bond acceptors (Lipinski definition) is 5. The van der Waals surface area contributed by atoms with Crippen LogP contribution < -0.4 is 10.6 Å². The van der Waals surface area contributed by atoms with Gasteiger partial charge in [0, 0.05) is 0 Å². The van der Waals surface area contributed by atoms with Crippen molar-refractivity contribution in [3.05, 3.63) is 71.8 Å². The van der Waals surface area contributed by atoms with Crippen molar-refractivity contribution in [2.24, 2.45) is 11.8 Å². The molecular weight excluding hydrogens is 408 g/mol. The fourth-order valence-electron chi connectivity index (χ4n) is 2.96. The summed E-state index contributed by atoms with van der Waals surface area (Å²) in [4.78, 5) is 37.7. The van der Waals surface area contributed by atoms with Gasteiger partial charge in [-0.1, -0.05) is 88.4 Å². The van der Waals surface area contributed by atoms with Gasteiger partial charge in [-0.2, -0.15) is 0 Å². The first kappa shape index (κ1) is 24.9. The Balaban J connectivity index is 1.92. The van der Waals surface area contributed by atoms with Gasteiger partial charge >= 0.3 is 18.0 Å². The number of carbonyl (C=O) groups is 3. The van der Waals surface area contributed by atoms with Gasteiger partial charge in [-0.3, -0.25) is 0 Å². The minimum atomic E-state index is -0.855. The van der Waals surface area contributed by atoms with Crippen molar-refractivity contribution in [1.29, 1.82) is 0 Å². The SMILES string of the molecule is CC(C)[C@H](NC(=O)N[C@H](C(=O)OCc1ccccc1)C(C)C)C(=O)OCc1ccccc1. The summed E-state index contributed by atoms with van der Waals surface area (Å²) < 4.78 is 10.7. The predicted molar refractivity (Wildman–Crippen MR) is 121 cm³/mol. The molecule has 0 radical (unpaired) electrons. The van der Waals surface area contributed by atoms with Gasteiger partial charge in [0.25, 0.3) is 0 Å². The van der Waals surface area contributed by atoms with Crippen LogP contribution in [0.4, 0.5) is 4.79 Å². The summed E-state index contributed by atoms with van der Waals surface area (Å²) in [5, 5.41) is 5.27. The Labute approximate surface area is 189 Å². The zero-order chi connectivity index (χ0) is 23.5. The summed E-state index contributed by atoms with van der Waals surface area (Å²) in [5.74, 6) is -1.48. The van der Waals surface area contributed by atoms with Crippen molar-refractivity contribution in [1.82, 2.24) is 10.6 Å². The topological polar surface area (TPSA) is 93.7 Å². The number of benzene rings is 2. The lowest BCUT2D eigenvalue weighted by atomic mass is 10.0. The number of urea groups is 1. The molecule has 0 aliphatic rings. The van der Waals surface area contributed by atoms with Crippen LogP contribution in [-0.4, -0.2) is 30.1 Å². The average molecular weight is 441 g/mol. The van der Waals surface area contributed by atoms with Crippen LogP contribution in [0.5, 0.6) is 0 Å².